The molecule has 1 N–H and O–H groups in total. The number of ether oxygens (including phenoxy) is 1. The molecule has 3 heteroatoms. The molecule has 3 nitrogen and oxygen atoms in total. The van der Waals surface area contributed by atoms with Crippen LogP contribution in [0.15, 0.2) is 24.3 Å². The molecular formula is C18H26N2O. The zero-order valence-electron chi connectivity index (χ0n) is 13.2. The minimum Gasteiger partial charge on any atom is -0.493 e. The lowest BCUT2D eigenvalue weighted by Gasteiger charge is -2.36. The van der Waals surface area contributed by atoms with Crippen LogP contribution in [0.5, 0.6) is 5.75 Å². The Bertz CT molecular complexity index is 490. The lowest BCUT2D eigenvalue weighted by molar-refractivity contribution is 0.229. The molecule has 0 aliphatic heterocycles. The summed E-state index contributed by atoms with van der Waals surface area (Å²) in [5.41, 5.74) is 1.58. The zero-order chi connectivity index (χ0) is 15.1. The van der Waals surface area contributed by atoms with Crippen LogP contribution in [-0.2, 0) is 0 Å². The lowest BCUT2D eigenvalue weighted by Crippen LogP contribution is -2.31. The molecule has 21 heavy (non-hydrogen) atoms. The number of hydrogen-bond donors (Lipinski definition) is 1. The minimum absolute atomic E-state index is 0.446. The van der Waals surface area contributed by atoms with Crippen LogP contribution in [0.4, 0.5) is 5.69 Å². The number of unbranched alkanes of at least 4 members (excludes halogenated alkanes) is 1. The smallest absolute Gasteiger partial charge is 0.121 e. The first-order valence-corrected chi connectivity index (χ1v) is 7.95. The topological polar surface area (TPSA) is 45.0 Å². The Hall–Kier alpha value is -1.69. The van der Waals surface area contributed by atoms with E-state index in [2.05, 4.69) is 37.4 Å². The molecule has 1 aliphatic carbocycles. The van der Waals surface area contributed by atoms with E-state index in [0.29, 0.717) is 24.5 Å². The number of nitriles is 1. The summed E-state index contributed by atoms with van der Waals surface area (Å²) in [4.78, 5) is 0. The molecule has 0 amide bonds. The monoisotopic (exact) mass is 286 g/mol. The second kappa shape index (κ2) is 7.36. The van der Waals surface area contributed by atoms with Gasteiger partial charge in [-0.1, -0.05) is 26.3 Å². The highest BCUT2D eigenvalue weighted by molar-refractivity contribution is 5.49. The Morgan fingerprint density at radius 1 is 1.43 bits per heavy atom. The molecule has 1 fully saturated rings. The summed E-state index contributed by atoms with van der Waals surface area (Å²) in [6, 6.07) is 10.9. The normalized spacial score (nSPS) is 20.5. The van der Waals surface area contributed by atoms with E-state index in [1.165, 1.54) is 25.7 Å². The van der Waals surface area contributed by atoms with Crippen molar-refractivity contribution in [3.63, 3.8) is 0 Å². The van der Waals surface area contributed by atoms with Gasteiger partial charge in [0.25, 0.3) is 0 Å². The molecule has 1 aromatic rings. The van der Waals surface area contributed by atoms with Crippen molar-refractivity contribution in [1.29, 1.82) is 5.26 Å². The first-order chi connectivity index (χ1) is 10.1. The van der Waals surface area contributed by atoms with E-state index in [9.17, 15) is 0 Å². The minimum atomic E-state index is 0.446. The molecule has 0 heterocycles. The third-order valence-corrected chi connectivity index (χ3v) is 4.11. The molecule has 1 aromatic carbocycles. The van der Waals surface area contributed by atoms with Crippen molar-refractivity contribution in [3.05, 3.63) is 24.3 Å². The number of rotatable bonds is 6. The molecular weight excluding hydrogens is 260 g/mol. The predicted octanol–water partition coefficient (Wildman–Crippen LogP) is 4.75. The van der Waals surface area contributed by atoms with Crippen molar-refractivity contribution in [2.45, 2.75) is 58.4 Å². The summed E-state index contributed by atoms with van der Waals surface area (Å²) in [6.07, 6.45) is 6.43. The highest BCUT2D eigenvalue weighted by Crippen LogP contribution is 2.36. The molecule has 1 unspecified atom stereocenters. The fraction of sp³-hybridized carbons (Fsp3) is 0.611. The van der Waals surface area contributed by atoms with Gasteiger partial charge in [-0.15, -0.1) is 0 Å². The third kappa shape index (κ3) is 5.30. The van der Waals surface area contributed by atoms with Gasteiger partial charge in [0, 0.05) is 24.2 Å². The molecule has 0 saturated heterocycles. The predicted molar refractivity (Wildman–Crippen MR) is 86.4 cm³/mol. The maximum absolute atomic E-state index is 8.52. The van der Waals surface area contributed by atoms with Crippen molar-refractivity contribution in [1.82, 2.24) is 0 Å². The average molecular weight is 286 g/mol. The second-order valence-electron chi connectivity index (χ2n) is 6.74. The highest BCUT2D eigenvalue weighted by Gasteiger charge is 2.27. The number of nitrogens with zero attached hydrogens (tertiary/aromatic N) is 1. The molecule has 0 radical (unpaired) electrons. The fourth-order valence-corrected chi connectivity index (χ4v) is 3.07. The molecule has 0 bridgehead atoms. The summed E-state index contributed by atoms with van der Waals surface area (Å²) in [5, 5.41) is 12.2. The largest absolute Gasteiger partial charge is 0.493 e. The van der Waals surface area contributed by atoms with Crippen molar-refractivity contribution in [3.8, 4) is 11.8 Å². The quantitative estimate of drug-likeness (QED) is 0.767. The van der Waals surface area contributed by atoms with E-state index >= 15 is 0 Å². The van der Waals surface area contributed by atoms with Crippen LogP contribution in [0.1, 0.15) is 52.4 Å². The van der Waals surface area contributed by atoms with Gasteiger partial charge in [-0.3, -0.25) is 0 Å². The zero-order valence-corrected chi connectivity index (χ0v) is 13.2. The van der Waals surface area contributed by atoms with Gasteiger partial charge in [0.2, 0.25) is 0 Å². The molecule has 0 aromatic heterocycles. The van der Waals surface area contributed by atoms with Gasteiger partial charge in [-0.05, 0) is 43.2 Å². The Balaban J connectivity index is 1.87. The van der Waals surface area contributed by atoms with E-state index in [-0.39, 0.29) is 0 Å². The Labute approximate surface area is 128 Å². The van der Waals surface area contributed by atoms with Crippen LogP contribution in [0.2, 0.25) is 0 Å². The van der Waals surface area contributed by atoms with E-state index in [1.807, 2.05) is 12.1 Å². The van der Waals surface area contributed by atoms with Crippen molar-refractivity contribution in [2.24, 2.45) is 5.41 Å². The summed E-state index contributed by atoms with van der Waals surface area (Å²) < 4.78 is 5.69. The van der Waals surface area contributed by atoms with Gasteiger partial charge in [0.05, 0.1) is 12.7 Å². The SMILES string of the molecule is CC1(C)CCCC(Nc2cccc(OCCCC#N)c2)C1. The van der Waals surface area contributed by atoms with Gasteiger partial charge in [0.1, 0.15) is 5.75 Å². The molecule has 1 aliphatic rings. The maximum atomic E-state index is 8.52. The fourth-order valence-electron chi connectivity index (χ4n) is 3.07. The molecule has 0 spiro atoms. The summed E-state index contributed by atoms with van der Waals surface area (Å²) in [6.45, 7) is 5.32. The molecule has 114 valence electrons. The first kappa shape index (κ1) is 15.7. The maximum Gasteiger partial charge on any atom is 0.121 e. The highest BCUT2D eigenvalue weighted by atomic mass is 16.5. The summed E-state index contributed by atoms with van der Waals surface area (Å²) >= 11 is 0. The standard InChI is InChI=1S/C18H26N2O/c1-18(2)10-6-8-16(14-18)20-15-7-5-9-17(13-15)21-12-4-3-11-19/h5,7,9,13,16,20H,3-4,6,8,10,12,14H2,1-2H3. The van der Waals surface area contributed by atoms with Crippen molar-refractivity contribution < 1.29 is 4.74 Å². The van der Waals surface area contributed by atoms with Gasteiger partial charge in [0.15, 0.2) is 0 Å². The summed E-state index contributed by atoms with van der Waals surface area (Å²) in [7, 11) is 0. The average Bonchev–Trinajstić information content (AvgIpc) is 2.43. The number of benzene rings is 1. The van der Waals surface area contributed by atoms with Crippen LogP contribution >= 0.6 is 0 Å². The summed E-state index contributed by atoms with van der Waals surface area (Å²) in [5.74, 6) is 0.882. The van der Waals surface area contributed by atoms with Gasteiger partial charge in [-0.25, -0.2) is 0 Å². The number of nitrogens with one attached hydrogen (secondary N) is 1. The molecule has 1 atom stereocenters. The van der Waals surface area contributed by atoms with E-state index in [1.54, 1.807) is 0 Å². The van der Waals surface area contributed by atoms with Crippen LogP contribution in [0.3, 0.4) is 0 Å². The number of hydrogen-bond acceptors (Lipinski definition) is 3. The van der Waals surface area contributed by atoms with Crippen molar-refractivity contribution in [2.75, 3.05) is 11.9 Å². The van der Waals surface area contributed by atoms with Crippen LogP contribution in [0, 0.1) is 16.7 Å². The van der Waals surface area contributed by atoms with E-state index in [4.69, 9.17) is 10.00 Å². The Kier molecular flexibility index (Phi) is 5.50. The van der Waals surface area contributed by atoms with Crippen LogP contribution in [-0.4, -0.2) is 12.6 Å². The van der Waals surface area contributed by atoms with Crippen LogP contribution in [0.25, 0.3) is 0 Å². The van der Waals surface area contributed by atoms with E-state index < -0.39 is 0 Å². The van der Waals surface area contributed by atoms with Crippen LogP contribution < -0.4 is 10.1 Å². The van der Waals surface area contributed by atoms with Gasteiger partial charge >= 0.3 is 0 Å². The van der Waals surface area contributed by atoms with Gasteiger partial charge < -0.3 is 10.1 Å². The van der Waals surface area contributed by atoms with E-state index in [0.717, 1.165) is 17.9 Å². The third-order valence-electron chi connectivity index (χ3n) is 4.11. The second-order valence-corrected chi connectivity index (χ2v) is 6.74. The molecule has 1 saturated carbocycles. The Morgan fingerprint density at radius 2 is 2.29 bits per heavy atom. The molecule has 2 rings (SSSR count). The lowest BCUT2D eigenvalue weighted by atomic mass is 9.75. The Morgan fingerprint density at radius 3 is 3.05 bits per heavy atom. The van der Waals surface area contributed by atoms with Crippen molar-refractivity contribution >= 4 is 5.69 Å². The number of anilines is 1. The first-order valence-electron chi connectivity index (χ1n) is 7.95. The van der Waals surface area contributed by atoms with Gasteiger partial charge in [-0.2, -0.15) is 5.26 Å².